The summed E-state index contributed by atoms with van der Waals surface area (Å²) < 4.78 is 5.20. The molecule has 0 spiro atoms. The third-order valence-corrected chi connectivity index (χ3v) is 4.40. The highest BCUT2D eigenvalue weighted by molar-refractivity contribution is 5.97. The molecule has 0 radical (unpaired) electrons. The Morgan fingerprint density at radius 2 is 1.62 bits per heavy atom. The molecule has 0 atom stereocenters. The van der Waals surface area contributed by atoms with E-state index in [1.807, 2.05) is 42.5 Å². The number of hydrogen-bond acceptors (Lipinski definition) is 4. The molecular weight excluding hydrogens is 366 g/mol. The smallest absolute Gasteiger partial charge is 0.251 e. The molecule has 6 heteroatoms. The van der Waals surface area contributed by atoms with E-state index in [0.29, 0.717) is 30.6 Å². The Morgan fingerprint density at radius 3 is 2.28 bits per heavy atom. The fraction of sp³-hybridized carbons (Fsp3) is 0.174. The van der Waals surface area contributed by atoms with Gasteiger partial charge in [0.05, 0.1) is 19.3 Å². The van der Waals surface area contributed by atoms with Gasteiger partial charge in [-0.15, -0.1) is 0 Å². The first-order chi connectivity index (χ1) is 14.2. The van der Waals surface area contributed by atoms with Gasteiger partial charge in [-0.3, -0.25) is 14.6 Å². The Hall–Kier alpha value is -3.67. The standard InChI is InChI=1S/C23H23N3O3/c1-29-21-7-4-5-17(15-21)12-14-25-22(27)18-8-10-19(11-9-18)23(28)26-16-20-6-2-3-13-24-20/h2-11,13,15H,12,14,16H2,1H3,(H,25,27)(H,26,28). The minimum absolute atomic E-state index is 0.173. The summed E-state index contributed by atoms with van der Waals surface area (Å²) in [6.07, 6.45) is 2.39. The molecule has 0 aliphatic rings. The lowest BCUT2D eigenvalue weighted by Crippen LogP contribution is -2.26. The van der Waals surface area contributed by atoms with E-state index in [1.54, 1.807) is 37.6 Å². The van der Waals surface area contributed by atoms with Gasteiger partial charge in [0, 0.05) is 23.9 Å². The van der Waals surface area contributed by atoms with Crippen molar-refractivity contribution in [2.24, 2.45) is 0 Å². The van der Waals surface area contributed by atoms with Gasteiger partial charge in [0.15, 0.2) is 0 Å². The van der Waals surface area contributed by atoms with E-state index in [0.717, 1.165) is 17.0 Å². The minimum Gasteiger partial charge on any atom is -0.497 e. The van der Waals surface area contributed by atoms with Crippen molar-refractivity contribution in [1.82, 2.24) is 15.6 Å². The van der Waals surface area contributed by atoms with Crippen LogP contribution < -0.4 is 15.4 Å². The number of nitrogens with zero attached hydrogens (tertiary/aromatic N) is 1. The zero-order chi connectivity index (χ0) is 20.5. The Labute approximate surface area is 169 Å². The predicted molar refractivity (Wildman–Crippen MR) is 111 cm³/mol. The van der Waals surface area contributed by atoms with Crippen molar-refractivity contribution in [3.8, 4) is 5.75 Å². The molecule has 1 heterocycles. The third-order valence-electron chi connectivity index (χ3n) is 4.40. The molecule has 3 aromatic rings. The second-order valence-corrected chi connectivity index (χ2v) is 6.44. The average molecular weight is 389 g/mol. The minimum atomic E-state index is -0.208. The van der Waals surface area contributed by atoms with Gasteiger partial charge in [-0.2, -0.15) is 0 Å². The van der Waals surface area contributed by atoms with E-state index in [-0.39, 0.29) is 11.8 Å². The largest absolute Gasteiger partial charge is 0.497 e. The van der Waals surface area contributed by atoms with Gasteiger partial charge >= 0.3 is 0 Å². The highest BCUT2D eigenvalue weighted by Crippen LogP contribution is 2.12. The van der Waals surface area contributed by atoms with Crippen LogP contribution in [-0.4, -0.2) is 30.5 Å². The number of amides is 2. The lowest BCUT2D eigenvalue weighted by Gasteiger charge is -2.08. The normalized spacial score (nSPS) is 10.2. The second kappa shape index (κ2) is 10.0. The Balaban J connectivity index is 1.48. The number of ether oxygens (including phenoxy) is 1. The van der Waals surface area contributed by atoms with Gasteiger partial charge in [0.2, 0.25) is 0 Å². The molecule has 1 aromatic heterocycles. The number of nitrogens with one attached hydrogen (secondary N) is 2. The molecule has 2 amide bonds. The number of rotatable bonds is 8. The lowest BCUT2D eigenvalue weighted by atomic mass is 10.1. The molecule has 29 heavy (non-hydrogen) atoms. The van der Waals surface area contributed by atoms with Gasteiger partial charge < -0.3 is 15.4 Å². The van der Waals surface area contributed by atoms with E-state index < -0.39 is 0 Å². The maximum atomic E-state index is 12.3. The molecule has 0 aliphatic heterocycles. The number of aromatic nitrogens is 1. The number of methoxy groups -OCH3 is 1. The van der Waals surface area contributed by atoms with Crippen LogP contribution in [0, 0.1) is 0 Å². The van der Waals surface area contributed by atoms with Crippen molar-refractivity contribution >= 4 is 11.8 Å². The Kier molecular flexibility index (Phi) is 6.95. The molecule has 148 valence electrons. The molecule has 0 saturated heterocycles. The number of benzene rings is 2. The van der Waals surface area contributed by atoms with E-state index in [9.17, 15) is 9.59 Å². The average Bonchev–Trinajstić information content (AvgIpc) is 2.78. The van der Waals surface area contributed by atoms with Gasteiger partial charge in [0.1, 0.15) is 5.75 Å². The topological polar surface area (TPSA) is 80.3 Å². The lowest BCUT2D eigenvalue weighted by molar-refractivity contribution is 0.0940. The van der Waals surface area contributed by atoms with Crippen LogP contribution in [0.4, 0.5) is 0 Å². The molecule has 3 rings (SSSR count). The summed E-state index contributed by atoms with van der Waals surface area (Å²) in [6.45, 7) is 0.866. The summed E-state index contributed by atoms with van der Waals surface area (Å²) in [5, 5.41) is 5.71. The highest BCUT2D eigenvalue weighted by atomic mass is 16.5. The fourth-order valence-electron chi connectivity index (χ4n) is 2.80. The summed E-state index contributed by atoms with van der Waals surface area (Å²) in [5.74, 6) is 0.416. The van der Waals surface area contributed by atoms with Crippen molar-refractivity contribution in [3.05, 3.63) is 95.3 Å². The highest BCUT2D eigenvalue weighted by Gasteiger charge is 2.09. The van der Waals surface area contributed by atoms with Crippen LogP contribution in [0.25, 0.3) is 0 Å². The van der Waals surface area contributed by atoms with Crippen molar-refractivity contribution < 1.29 is 14.3 Å². The van der Waals surface area contributed by atoms with Crippen LogP contribution in [0.15, 0.2) is 72.9 Å². The number of pyridine rings is 1. The first-order valence-corrected chi connectivity index (χ1v) is 9.35. The monoisotopic (exact) mass is 389 g/mol. The quantitative estimate of drug-likeness (QED) is 0.621. The van der Waals surface area contributed by atoms with Crippen molar-refractivity contribution in [2.45, 2.75) is 13.0 Å². The summed E-state index contributed by atoms with van der Waals surface area (Å²) in [6, 6.07) is 19.9. The second-order valence-electron chi connectivity index (χ2n) is 6.44. The maximum absolute atomic E-state index is 12.3. The molecule has 2 N–H and O–H groups in total. The van der Waals surface area contributed by atoms with E-state index in [2.05, 4.69) is 15.6 Å². The fourth-order valence-corrected chi connectivity index (χ4v) is 2.80. The van der Waals surface area contributed by atoms with Crippen LogP contribution in [0.5, 0.6) is 5.75 Å². The van der Waals surface area contributed by atoms with Gasteiger partial charge in [-0.25, -0.2) is 0 Å². The summed E-state index contributed by atoms with van der Waals surface area (Å²) in [7, 11) is 1.63. The van der Waals surface area contributed by atoms with Crippen molar-refractivity contribution in [3.63, 3.8) is 0 Å². The summed E-state index contributed by atoms with van der Waals surface area (Å²) in [4.78, 5) is 28.7. The Morgan fingerprint density at radius 1 is 0.897 bits per heavy atom. The molecular formula is C23H23N3O3. The maximum Gasteiger partial charge on any atom is 0.251 e. The van der Waals surface area contributed by atoms with E-state index in [4.69, 9.17) is 4.74 Å². The van der Waals surface area contributed by atoms with Crippen LogP contribution in [-0.2, 0) is 13.0 Å². The van der Waals surface area contributed by atoms with Gasteiger partial charge in [0.25, 0.3) is 11.8 Å². The van der Waals surface area contributed by atoms with E-state index >= 15 is 0 Å². The molecule has 0 unspecified atom stereocenters. The van der Waals surface area contributed by atoms with Crippen LogP contribution in [0.1, 0.15) is 32.0 Å². The van der Waals surface area contributed by atoms with Gasteiger partial charge in [-0.05, 0) is 60.5 Å². The van der Waals surface area contributed by atoms with Crippen LogP contribution in [0.2, 0.25) is 0 Å². The van der Waals surface area contributed by atoms with E-state index in [1.165, 1.54) is 0 Å². The predicted octanol–water partition coefficient (Wildman–Crippen LogP) is 2.99. The molecule has 0 saturated carbocycles. The zero-order valence-electron chi connectivity index (χ0n) is 16.2. The SMILES string of the molecule is COc1cccc(CCNC(=O)c2ccc(C(=O)NCc3ccccn3)cc2)c1. The number of hydrogen-bond donors (Lipinski definition) is 2. The van der Waals surface area contributed by atoms with Crippen molar-refractivity contribution in [2.75, 3.05) is 13.7 Å². The number of carbonyl (C=O) groups excluding carboxylic acids is 2. The van der Waals surface area contributed by atoms with Crippen LogP contribution >= 0.6 is 0 Å². The van der Waals surface area contributed by atoms with Gasteiger partial charge in [-0.1, -0.05) is 18.2 Å². The third kappa shape index (κ3) is 5.90. The van der Waals surface area contributed by atoms with Crippen molar-refractivity contribution in [1.29, 1.82) is 0 Å². The molecule has 2 aromatic carbocycles. The number of carbonyl (C=O) groups is 2. The van der Waals surface area contributed by atoms with Crippen LogP contribution in [0.3, 0.4) is 0 Å². The first kappa shape index (κ1) is 20.1. The zero-order valence-corrected chi connectivity index (χ0v) is 16.2. The molecule has 0 aliphatic carbocycles. The summed E-state index contributed by atoms with van der Waals surface area (Å²) in [5.41, 5.74) is 2.88. The molecule has 0 bridgehead atoms. The Bertz CT molecular complexity index is 957. The summed E-state index contributed by atoms with van der Waals surface area (Å²) >= 11 is 0. The molecule has 0 fully saturated rings. The molecule has 6 nitrogen and oxygen atoms in total. The first-order valence-electron chi connectivity index (χ1n) is 9.35.